The lowest BCUT2D eigenvalue weighted by Gasteiger charge is -2.39. The summed E-state index contributed by atoms with van der Waals surface area (Å²) in [5, 5.41) is 12.9. The van der Waals surface area contributed by atoms with Crippen LogP contribution in [0.4, 0.5) is 0 Å². The van der Waals surface area contributed by atoms with E-state index in [0.717, 1.165) is 56.3 Å². The molecule has 7 heteroatoms. The van der Waals surface area contributed by atoms with Gasteiger partial charge in [-0.1, -0.05) is 31.2 Å². The molecule has 1 aliphatic heterocycles. The van der Waals surface area contributed by atoms with Crippen LogP contribution in [0, 0.1) is 0 Å². The summed E-state index contributed by atoms with van der Waals surface area (Å²) in [6, 6.07) is 8.13. The lowest BCUT2D eigenvalue weighted by molar-refractivity contribution is 0.108. The summed E-state index contributed by atoms with van der Waals surface area (Å²) >= 11 is 0. The molecule has 1 aromatic carbocycles. The van der Waals surface area contributed by atoms with Gasteiger partial charge in [-0.3, -0.25) is 9.80 Å². The first-order chi connectivity index (χ1) is 13.5. The van der Waals surface area contributed by atoms with Crippen LogP contribution in [0.25, 0.3) is 0 Å². The Morgan fingerprint density at radius 2 is 1.93 bits per heavy atom. The van der Waals surface area contributed by atoms with Crippen molar-refractivity contribution in [2.45, 2.75) is 38.8 Å². The topological polar surface area (TPSA) is 59.3 Å². The number of aromatic nitrogens is 4. The molecule has 0 bridgehead atoms. The predicted octanol–water partition coefficient (Wildman–Crippen LogP) is 2.72. The maximum atomic E-state index is 5.70. The number of benzene rings is 1. The van der Waals surface area contributed by atoms with Gasteiger partial charge in [0.1, 0.15) is 11.8 Å². The van der Waals surface area contributed by atoms with Gasteiger partial charge >= 0.3 is 0 Å². The first kappa shape index (κ1) is 20.5. The number of rotatable bonds is 8. The van der Waals surface area contributed by atoms with Crippen LogP contribution in [-0.2, 0) is 5.54 Å². The zero-order chi connectivity index (χ0) is 20.1. The fourth-order valence-corrected chi connectivity index (χ4v) is 3.72. The molecule has 1 atom stereocenters. The van der Waals surface area contributed by atoms with Gasteiger partial charge in [-0.25, -0.2) is 4.68 Å². The minimum atomic E-state index is -0.163. The summed E-state index contributed by atoms with van der Waals surface area (Å²) in [5.74, 6) is 1.73. The van der Waals surface area contributed by atoms with Crippen molar-refractivity contribution >= 4 is 0 Å². The Balaban J connectivity index is 2.02. The van der Waals surface area contributed by atoms with Crippen molar-refractivity contribution in [2.24, 2.45) is 0 Å². The van der Waals surface area contributed by atoms with Gasteiger partial charge in [-0.15, -0.1) is 11.7 Å². The maximum absolute atomic E-state index is 5.70. The van der Waals surface area contributed by atoms with E-state index in [-0.39, 0.29) is 11.6 Å². The van der Waals surface area contributed by atoms with Gasteiger partial charge in [0.15, 0.2) is 5.82 Å². The Bertz CT molecular complexity index is 779. The fourth-order valence-electron chi connectivity index (χ4n) is 3.72. The Morgan fingerprint density at radius 1 is 1.21 bits per heavy atom. The maximum Gasteiger partial charge on any atom is 0.173 e. The van der Waals surface area contributed by atoms with Crippen LogP contribution in [-0.4, -0.2) is 69.8 Å². The van der Waals surface area contributed by atoms with Crippen LogP contribution in [0.1, 0.15) is 44.6 Å². The van der Waals surface area contributed by atoms with Crippen molar-refractivity contribution in [3.05, 3.63) is 48.3 Å². The van der Waals surface area contributed by atoms with Crippen LogP contribution in [0.5, 0.6) is 5.75 Å². The largest absolute Gasteiger partial charge is 0.496 e. The van der Waals surface area contributed by atoms with Gasteiger partial charge in [0.25, 0.3) is 0 Å². The van der Waals surface area contributed by atoms with E-state index in [2.05, 4.69) is 64.8 Å². The van der Waals surface area contributed by atoms with Crippen LogP contribution >= 0.6 is 0 Å². The molecule has 0 amide bonds. The third kappa shape index (κ3) is 4.10. The molecule has 1 fully saturated rings. The SMILES string of the molecule is C=CCN1CCN(C(c2ccccc2OC)c2nnnn2C(C)(C)CC)CC1. The highest BCUT2D eigenvalue weighted by Gasteiger charge is 2.35. The molecule has 152 valence electrons. The lowest BCUT2D eigenvalue weighted by atomic mass is 9.98. The summed E-state index contributed by atoms with van der Waals surface area (Å²) in [5.41, 5.74) is 0.939. The summed E-state index contributed by atoms with van der Waals surface area (Å²) in [7, 11) is 1.72. The van der Waals surface area contributed by atoms with Crippen LogP contribution in [0.3, 0.4) is 0 Å². The highest BCUT2D eigenvalue weighted by Crippen LogP contribution is 2.36. The minimum absolute atomic E-state index is 0.0529. The molecule has 1 saturated heterocycles. The van der Waals surface area contributed by atoms with Gasteiger partial charge in [-0.2, -0.15) is 0 Å². The summed E-state index contributed by atoms with van der Waals surface area (Å²) in [6.07, 6.45) is 2.91. The second-order valence-electron chi connectivity index (χ2n) is 7.88. The zero-order valence-electron chi connectivity index (χ0n) is 17.5. The number of methoxy groups -OCH3 is 1. The molecule has 0 aliphatic carbocycles. The van der Waals surface area contributed by atoms with E-state index in [4.69, 9.17) is 4.74 Å². The molecule has 2 heterocycles. The van der Waals surface area contributed by atoms with E-state index in [1.807, 2.05) is 22.9 Å². The quantitative estimate of drug-likeness (QED) is 0.652. The third-order valence-corrected chi connectivity index (χ3v) is 5.77. The standard InChI is InChI=1S/C21H32N6O/c1-6-12-25-13-15-26(16-14-25)19(17-10-8-9-11-18(17)28-5)20-22-23-24-27(20)21(3,4)7-2/h6,8-11,19H,1,7,12-16H2,2-5H3. The first-order valence-corrected chi connectivity index (χ1v) is 10.0. The van der Waals surface area contributed by atoms with E-state index in [1.54, 1.807) is 7.11 Å². The monoisotopic (exact) mass is 384 g/mol. The molecule has 0 spiro atoms. The highest BCUT2D eigenvalue weighted by atomic mass is 16.5. The summed E-state index contributed by atoms with van der Waals surface area (Å²) in [4.78, 5) is 4.88. The molecule has 1 unspecified atom stereocenters. The smallest absolute Gasteiger partial charge is 0.173 e. The number of ether oxygens (including phenoxy) is 1. The van der Waals surface area contributed by atoms with Crippen molar-refractivity contribution in [1.82, 2.24) is 30.0 Å². The second kappa shape index (κ2) is 8.84. The van der Waals surface area contributed by atoms with Crippen LogP contribution in [0.15, 0.2) is 36.9 Å². The Hall–Kier alpha value is -2.25. The average Bonchev–Trinajstić information content (AvgIpc) is 3.20. The normalized spacial score (nSPS) is 17.4. The van der Waals surface area contributed by atoms with Gasteiger partial charge in [0.05, 0.1) is 12.6 Å². The number of hydrogen-bond acceptors (Lipinski definition) is 6. The molecule has 0 radical (unpaired) electrons. The molecule has 28 heavy (non-hydrogen) atoms. The Labute approximate surface area is 168 Å². The number of hydrogen-bond donors (Lipinski definition) is 0. The number of para-hydroxylation sites is 1. The van der Waals surface area contributed by atoms with Gasteiger partial charge in [0.2, 0.25) is 0 Å². The molecule has 1 aromatic heterocycles. The second-order valence-corrected chi connectivity index (χ2v) is 7.88. The molecular formula is C21H32N6O. The average molecular weight is 385 g/mol. The molecule has 0 saturated carbocycles. The fraction of sp³-hybridized carbons (Fsp3) is 0.571. The first-order valence-electron chi connectivity index (χ1n) is 10.0. The van der Waals surface area contributed by atoms with E-state index in [0.29, 0.717) is 0 Å². The van der Waals surface area contributed by atoms with Crippen molar-refractivity contribution < 1.29 is 4.74 Å². The number of tetrazole rings is 1. The van der Waals surface area contributed by atoms with E-state index in [1.165, 1.54) is 0 Å². The Kier molecular flexibility index (Phi) is 6.46. The zero-order valence-corrected chi connectivity index (χ0v) is 17.5. The van der Waals surface area contributed by atoms with Gasteiger partial charge in [0, 0.05) is 38.3 Å². The summed E-state index contributed by atoms with van der Waals surface area (Å²) < 4.78 is 7.68. The molecule has 7 nitrogen and oxygen atoms in total. The highest BCUT2D eigenvalue weighted by molar-refractivity contribution is 5.39. The third-order valence-electron chi connectivity index (χ3n) is 5.77. The van der Waals surface area contributed by atoms with Crippen molar-refractivity contribution in [3.8, 4) is 5.75 Å². The summed E-state index contributed by atoms with van der Waals surface area (Å²) in [6.45, 7) is 15.2. The van der Waals surface area contributed by atoms with E-state index >= 15 is 0 Å². The number of nitrogens with zero attached hydrogens (tertiary/aromatic N) is 6. The molecule has 1 aliphatic rings. The van der Waals surface area contributed by atoms with Gasteiger partial charge in [-0.05, 0) is 36.8 Å². The van der Waals surface area contributed by atoms with Crippen molar-refractivity contribution in [2.75, 3.05) is 39.8 Å². The Morgan fingerprint density at radius 3 is 2.57 bits per heavy atom. The molecular weight excluding hydrogens is 352 g/mol. The van der Waals surface area contributed by atoms with Crippen LogP contribution in [0.2, 0.25) is 0 Å². The van der Waals surface area contributed by atoms with Crippen LogP contribution < -0.4 is 4.74 Å². The minimum Gasteiger partial charge on any atom is -0.496 e. The van der Waals surface area contributed by atoms with E-state index in [9.17, 15) is 0 Å². The van der Waals surface area contributed by atoms with Crippen molar-refractivity contribution in [1.29, 1.82) is 0 Å². The molecule has 0 N–H and O–H groups in total. The predicted molar refractivity (Wildman–Crippen MR) is 110 cm³/mol. The lowest BCUT2D eigenvalue weighted by Crippen LogP contribution is -2.48. The van der Waals surface area contributed by atoms with Gasteiger partial charge < -0.3 is 4.74 Å². The van der Waals surface area contributed by atoms with E-state index < -0.39 is 0 Å². The molecule has 3 rings (SSSR count). The van der Waals surface area contributed by atoms with Crippen molar-refractivity contribution in [3.63, 3.8) is 0 Å². The number of piperazine rings is 1. The molecule has 2 aromatic rings.